The molecule has 0 amide bonds. The van der Waals surface area contributed by atoms with Crippen LogP contribution in [-0.4, -0.2) is 27.1 Å². The summed E-state index contributed by atoms with van der Waals surface area (Å²) in [5.74, 6) is 1.08. The maximum absolute atomic E-state index is 9.02. The number of hydrogen-bond donors (Lipinski definition) is 1. The summed E-state index contributed by atoms with van der Waals surface area (Å²) in [7, 11) is -0.389. The Hall–Kier alpha value is -1.35. The normalized spacial score (nSPS) is 12.4. The van der Waals surface area contributed by atoms with Crippen LogP contribution in [0.25, 0.3) is 11.3 Å². The van der Waals surface area contributed by atoms with Gasteiger partial charge in [0.15, 0.2) is 0 Å². The molecule has 0 spiro atoms. The molecule has 0 aliphatic rings. The lowest BCUT2D eigenvalue weighted by Gasteiger charge is -2.48. The van der Waals surface area contributed by atoms with Crippen LogP contribution in [0.5, 0.6) is 5.75 Å². The second-order valence-corrected chi connectivity index (χ2v) is 11.8. The third-order valence-electron chi connectivity index (χ3n) is 4.72. The minimum absolute atomic E-state index is 0.269. The summed E-state index contributed by atoms with van der Waals surface area (Å²) < 4.78 is 5.18. The lowest BCUT2D eigenvalue weighted by atomic mass is 10.2. The number of phenolic OH excluding ortho intramolecular Hbond substituents is 1. The molecular formula is C20H32O2S. The maximum atomic E-state index is 9.02. The van der Waals surface area contributed by atoms with Crippen LogP contribution in [0.3, 0.4) is 0 Å². The number of aromatic hydroxyl groups is 1. The van der Waals surface area contributed by atoms with Crippen molar-refractivity contribution in [3.05, 3.63) is 42.7 Å². The number of furan rings is 1. The van der Waals surface area contributed by atoms with E-state index in [2.05, 4.69) is 47.8 Å². The lowest BCUT2D eigenvalue weighted by molar-refractivity contribution is 0.475. The van der Waals surface area contributed by atoms with Gasteiger partial charge in [-0.1, -0.05) is 41.5 Å². The molecule has 1 heterocycles. The van der Waals surface area contributed by atoms with Crippen LogP contribution in [0.2, 0.25) is 0 Å². The van der Waals surface area contributed by atoms with E-state index in [1.807, 2.05) is 24.3 Å². The fourth-order valence-corrected chi connectivity index (χ4v) is 5.97. The maximum Gasteiger partial charge on any atom is 0.133 e. The molecule has 3 heteroatoms. The average Bonchev–Trinajstić information content (AvgIpc) is 3.01. The molecule has 23 heavy (non-hydrogen) atoms. The molecule has 0 bridgehead atoms. The summed E-state index contributed by atoms with van der Waals surface area (Å²) in [4.78, 5) is 0. The van der Waals surface area contributed by atoms with Crippen molar-refractivity contribution in [3.8, 4) is 17.1 Å². The fourth-order valence-electron chi connectivity index (χ4n) is 2.70. The molecular weight excluding hydrogens is 304 g/mol. The molecule has 0 aliphatic heterocycles. The molecule has 2 aromatic rings. The predicted molar refractivity (Wildman–Crippen MR) is 105 cm³/mol. The van der Waals surface area contributed by atoms with Crippen molar-refractivity contribution in [2.24, 2.45) is 0 Å². The van der Waals surface area contributed by atoms with E-state index < -0.39 is 0 Å². The van der Waals surface area contributed by atoms with Crippen LogP contribution in [-0.2, 0) is 0 Å². The highest BCUT2D eigenvalue weighted by Crippen LogP contribution is 2.56. The fraction of sp³-hybridized carbons (Fsp3) is 0.500. The minimum atomic E-state index is -0.389. The van der Waals surface area contributed by atoms with Crippen molar-refractivity contribution in [2.75, 3.05) is 6.26 Å². The van der Waals surface area contributed by atoms with Gasteiger partial charge < -0.3 is 9.52 Å². The third kappa shape index (κ3) is 5.07. The van der Waals surface area contributed by atoms with Gasteiger partial charge in [0, 0.05) is 5.56 Å². The van der Waals surface area contributed by atoms with Crippen molar-refractivity contribution in [2.45, 2.75) is 57.3 Å². The zero-order chi connectivity index (χ0) is 17.6. The Labute approximate surface area is 143 Å². The van der Waals surface area contributed by atoms with E-state index in [1.165, 1.54) is 0 Å². The van der Waals surface area contributed by atoms with Crippen LogP contribution in [0.15, 0.2) is 47.1 Å². The van der Waals surface area contributed by atoms with Crippen LogP contribution in [0, 0.1) is 0 Å². The number of hydrogen-bond acceptors (Lipinski definition) is 2. The van der Waals surface area contributed by atoms with Crippen LogP contribution < -0.4 is 0 Å². The highest BCUT2D eigenvalue weighted by molar-refractivity contribution is 8.34. The van der Waals surface area contributed by atoms with Gasteiger partial charge in [-0.3, -0.25) is 0 Å². The largest absolute Gasteiger partial charge is 0.508 e. The first-order valence-corrected chi connectivity index (χ1v) is 10.5. The van der Waals surface area contributed by atoms with E-state index in [9.17, 15) is 0 Å². The third-order valence-corrected chi connectivity index (χ3v) is 10.8. The van der Waals surface area contributed by atoms with Gasteiger partial charge in [-0.2, -0.15) is 0 Å². The van der Waals surface area contributed by atoms with E-state index in [4.69, 9.17) is 9.52 Å². The lowest BCUT2D eigenvalue weighted by Crippen LogP contribution is -2.27. The Balaban J connectivity index is 0.000000232. The van der Waals surface area contributed by atoms with Gasteiger partial charge in [-0.15, -0.1) is 0 Å². The van der Waals surface area contributed by atoms with Gasteiger partial charge in [0.2, 0.25) is 0 Å². The molecule has 1 aromatic heterocycles. The first kappa shape index (κ1) is 19.7. The van der Waals surface area contributed by atoms with E-state index in [1.54, 1.807) is 18.4 Å². The summed E-state index contributed by atoms with van der Waals surface area (Å²) in [6.45, 7) is 14.2. The number of phenols is 1. The zero-order valence-corrected chi connectivity index (χ0v) is 16.4. The Morgan fingerprint density at radius 1 is 0.826 bits per heavy atom. The molecule has 1 N–H and O–H groups in total. The second-order valence-electron chi connectivity index (χ2n) is 6.79. The summed E-state index contributed by atoms with van der Waals surface area (Å²) in [5, 5.41) is 11.6. The van der Waals surface area contributed by atoms with E-state index >= 15 is 0 Å². The number of benzene rings is 1. The van der Waals surface area contributed by atoms with Crippen molar-refractivity contribution in [3.63, 3.8) is 0 Å². The Morgan fingerprint density at radius 3 is 1.61 bits per heavy atom. The van der Waals surface area contributed by atoms with E-state index in [0.717, 1.165) is 27.1 Å². The molecule has 0 fully saturated rings. The molecule has 130 valence electrons. The van der Waals surface area contributed by atoms with Crippen LogP contribution in [0.1, 0.15) is 41.5 Å². The molecule has 2 rings (SSSR count). The van der Waals surface area contributed by atoms with Gasteiger partial charge in [0.05, 0.1) is 6.26 Å². The molecule has 0 radical (unpaired) electrons. The SMILES string of the molecule is CC(C)S(C)(C(C)C)C(C)C.Oc1ccc(-c2ccco2)cc1. The molecule has 0 unspecified atom stereocenters. The minimum Gasteiger partial charge on any atom is -0.508 e. The van der Waals surface area contributed by atoms with Crippen LogP contribution >= 0.6 is 10.0 Å². The Morgan fingerprint density at radius 2 is 1.30 bits per heavy atom. The van der Waals surface area contributed by atoms with Gasteiger partial charge >= 0.3 is 0 Å². The van der Waals surface area contributed by atoms with Crippen molar-refractivity contribution < 1.29 is 9.52 Å². The molecule has 0 saturated carbocycles. The molecule has 2 nitrogen and oxygen atoms in total. The highest BCUT2D eigenvalue weighted by atomic mass is 32.3. The number of rotatable bonds is 4. The summed E-state index contributed by atoms with van der Waals surface area (Å²) in [6.07, 6.45) is 4.12. The van der Waals surface area contributed by atoms with Crippen LogP contribution in [0.4, 0.5) is 0 Å². The predicted octanol–water partition coefficient (Wildman–Crippen LogP) is 6.30. The molecule has 1 aromatic carbocycles. The summed E-state index contributed by atoms with van der Waals surface area (Å²) >= 11 is 0. The first-order valence-electron chi connectivity index (χ1n) is 8.27. The van der Waals surface area contributed by atoms with Gasteiger partial charge in [-0.05, 0) is 58.4 Å². The average molecular weight is 337 g/mol. The van der Waals surface area contributed by atoms with Gasteiger partial charge in [0.25, 0.3) is 0 Å². The zero-order valence-electron chi connectivity index (χ0n) is 15.5. The standard InChI is InChI=1S/C10H8O2.C10H24S/c11-9-5-3-8(4-6-9)10-2-1-7-12-10;1-8(2)11(7,9(3)4)10(5)6/h1-7,11H;8-10H,1-7H3. The van der Waals surface area contributed by atoms with E-state index in [0.29, 0.717) is 0 Å². The summed E-state index contributed by atoms with van der Waals surface area (Å²) in [6, 6.07) is 10.6. The topological polar surface area (TPSA) is 33.4 Å². The molecule has 0 saturated heterocycles. The highest BCUT2D eigenvalue weighted by Gasteiger charge is 2.29. The quantitative estimate of drug-likeness (QED) is 0.711. The molecule has 0 aliphatic carbocycles. The molecule has 0 atom stereocenters. The second kappa shape index (κ2) is 8.49. The smallest absolute Gasteiger partial charge is 0.133 e. The van der Waals surface area contributed by atoms with Crippen molar-refractivity contribution >= 4 is 10.0 Å². The van der Waals surface area contributed by atoms with Crippen molar-refractivity contribution in [1.82, 2.24) is 0 Å². The summed E-state index contributed by atoms with van der Waals surface area (Å²) in [5.41, 5.74) is 0.970. The Bertz CT molecular complexity index is 532. The van der Waals surface area contributed by atoms with E-state index in [-0.39, 0.29) is 15.8 Å². The first-order chi connectivity index (χ1) is 10.7. The van der Waals surface area contributed by atoms with Gasteiger partial charge in [-0.25, -0.2) is 10.0 Å². The van der Waals surface area contributed by atoms with Crippen molar-refractivity contribution in [1.29, 1.82) is 0 Å². The monoisotopic (exact) mass is 336 g/mol. The van der Waals surface area contributed by atoms with Gasteiger partial charge in [0.1, 0.15) is 11.5 Å². The Kier molecular flexibility index (Phi) is 7.27.